The third kappa shape index (κ3) is 3.06. The Bertz CT molecular complexity index is 702. The molecule has 0 bridgehead atoms. The minimum absolute atomic E-state index is 0.00829. The highest BCUT2D eigenvalue weighted by atomic mass is 32.1. The van der Waals surface area contributed by atoms with Gasteiger partial charge in [0.05, 0.1) is 11.6 Å². The van der Waals surface area contributed by atoms with Gasteiger partial charge in [0, 0.05) is 18.0 Å². The lowest BCUT2D eigenvalue weighted by atomic mass is 10.1. The van der Waals surface area contributed by atoms with Crippen molar-refractivity contribution in [2.75, 3.05) is 13.2 Å². The Labute approximate surface area is 127 Å². The van der Waals surface area contributed by atoms with E-state index < -0.39 is 0 Å². The lowest BCUT2D eigenvalue weighted by Gasteiger charge is -2.26. The van der Waals surface area contributed by atoms with E-state index in [0.29, 0.717) is 17.9 Å². The highest BCUT2D eigenvalue weighted by molar-refractivity contribution is 7.10. The molecule has 0 radical (unpaired) electrons. The van der Waals surface area contributed by atoms with Crippen molar-refractivity contribution >= 4 is 17.2 Å². The summed E-state index contributed by atoms with van der Waals surface area (Å²) >= 11 is 1.75. The zero-order valence-corrected chi connectivity index (χ0v) is 12.2. The maximum Gasteiger partial charge on any atom is 0.260 e. The molecule has 2 heterocycles. The number of rotatable bonds is 3. The number of hydrogen-bond acceptors (Lipinski definition) is 4. The molecule has 0 saturated heterocycles. The first-order valence-corrected chi connectivity index (χ1v) is 7.60. The van der Waals surface area contributed by atoms with Gasteiger partial charge in [-0.25, -0.2) is 0 Å². The monoisotopic (exact) mass is 298 g/mol. The average molecular weight is 298 g/mol. The minimum Gasteiger partial charge on any atom is -0.484 e. The van der Waals surface area contributed by atoms with Gasteiger partial charge >= 0.3 is 0 Å². The van der Waals surface area contributed by atoms with Crippen LogP contribution in [0.15, 0.2) is 35.7 Å². The van der Waals surface area contributed by atoms with Crippen LogP contribution in [0.1, 0.15) is 16.0 Å². The lowest BCUT2D eigenvalue weighted by Crippen LogP contribution is -2.38. The molecule has 1 aliphatic rings. The molecular formula is C16H14N2O2S. The first-order valence-electron chi connectivity index (χ1n) is 6.72. The number of hydrogen-bond donors (Lipinski definition) is 0. The zero-order chi connectivity index (χ0) is 14.7. The molecule has 3 rings (SSSR count). The first kappa shape index (κ1) is 13.7. The third-order valence-electron chi connectivity index (χ3n) is 3.49. The van der Waals surface area contributed by atoms with Crippen LogP contribution in [-0.4, -0.2) is 24.0 Å². The largest absolute Gasteiger partial charge is 0.484 e. The van der Waals surface area contributed by atoms with Crippen LogP contribution in [0, 0.1) is 11.3 Å². The van der Waals surface area contributed by atoms with E-state index in [1.807, 2.05) is 4.90 Å². The van der Waals surface area contributed by atoms with E-state index in [2.05, 4.69) is 17.5 Å². The fourth-order valence-corrected chi connectivity index (χ4v) is 3.24. The molecule has 5 heteroatoms. The number of amides is 1. The van der Waals surface area contributed by atoms with E-state index in [4.69, 9.17) is 10.00 Å². The van der Waals surface area contributed by atoms with Gasteiger partial charge in [0.25, 0.3) is 5.91 Å². The summed E-state index contributed by atoms with van der Waals surface area (Å²) < 4.78 is 5.49. The van der Waals surface area contributed by atoms with Gasteiger partial charge in [0.1, 0.15) is 5.75 Å². The van der Waals surface area contributed by atoms with Crippen molar-refractivity contribution in [3.63, 3.8) is 0 Å². The standard InChI is InChI=1S/C16H14N2O2S/c17-9-12-2-1-3-14(8-12)20-11-16(19)18-6-4-15-13(10-18)5-7-21-15/h1-3,5,7-8H,4,6,10-11H2. The van der Waals surface area contributed by atoms with Crippen LogP contribution < -0.4 is 4.74 Å². The Balaban J connectivity index is 1.59. The Hall–Kier alpha value is -2.32. The van der Waals surface area contributed by atoms with Gasteiger partial charge in [-0.15, -0.1) is 11.3 Å². The number of carbonyl (C=O) groups excluding carboxylic acids is 1. The van der Waals surface area contributed by atoms with Crippen molar-refractivity contribution in [1.29, 1.82) is 5.26 Å². The molecule has 0 aliphatic carbocycles. The van der Waals surface area contributed by atoms with Crippen LogP contribution in [-0.2, 0) is 17.8 Å². The number of benzene rings is 1. The average Bonchev–Trinajstić information content (AvgIpc) is 3.00. The van der Waals surface area contributed by atoms with Crippen molar-refractivity contribution in [1.82, 2.24) is 4.90 Å². The molecule has 0 unspecified atom stereocenters. The number of ether oxygens (including phenoxy) is 1. The van der Waals surface area contributed by atoms with Gasteiger partial charge in [-0.2, -0.15) is 5.26 Å². The van der Waals surface area contributed by atoms with E-state index in [9.17, 15) is 4.79 Å². The smallest absolute Gasteiger partial charge is 0.260 e. The van der Waals surface area contributed by atoms with Crippen molar-refractivity contribution in [2.24, 2.45) is 0 Å². The van der Waals surface area contributed by atoms with Crippen LogP contribution in [0.4, 0.5) is 0 Å². The first-order chi connectivity index (χ1) is 10.3. The lowest BCUT2D eigenvalue weighted by molar-refractivity contribution is -0.134. The van der Waals surface area contributed by atoms with Crippen molar-refractivity contribution < 1.29 is 9.53 Å². The topological polar surface area (TPSA) is 53.3 Å². The van der Waals surface area contributed by atoms with E-state index in [1.165, 1.54) is 10.4 Å². The van der Waals surface area contributed by atoms with Gasteiger partial charge in [-0.1, -0.05) is 6.07 Å². The van der Waals surface area contributed by atoms with Crippen LogP contribution in [0.25, 0.3) is 0 Å². The molecule has 1 aromatic carbocycles. The number of nitrogens with zero attached hydrogens (tertiary/aromatic N) is 2. The Morgan fingerprint density at radius 3 is 3.19 bits per heavy atom. The maximum atomic E-state index is 12.2. The molecule has 0 N–H and O–H groups in total. The fourth-order valence-electron chi connectivity index (χ4n) is 2.35. The molecule has 0 atom stereocenters. The summed E-state index contributed by atoms with van der Waals surface area (Å²) in [4.78, 5) is 15.4. The minimum atomic E-state index is -0.0192. The quantitative estimate of drug-likeness (QED) is 0.875. The molecule has 21 heavy (non-hydrogen) atoms. The predicted octanol–water partition coefficient (Wildman–Crippen LogP) is 2.58. The van der Waals surface area contributed by atoms with E-state index in [-0.39, 0.29) is 12.5 Å². The molecule has 1 aliphatic heterocycles. The number of carbonyl (C=O) groups is 1. The highest BCUT2D eigenvalue weighted by Crippen LogP contribution is 2.24. The summed E-state index contributed by atoms with van der Waals surface area (Å²) in [5.41, 5.74) is 1.77. The van der Waals surface area contributed by atoms with Crippen molar-refractivity contribution in [2.45, 2.75) is 13.0 Å². The second-order valence-corrected chi connectivity index (χ2v) is 5.86. The van der Waals surface area contributed by atoms with Gasteiger partial charge in [-0.3, -0.25) is 4.79 Å². The van der Waals surface area contributed by atoms with Crippen molar-refractivity contribution in [3.05, 3.63) is 51.7 Å². The van der Waals surface area contributed by atoms with E-state index in [0.717, 1.165) is 13.0 Å². The summed E-state index contributed by atoms with van der Waals surface area (Å²) in [6, 6.07) is 11.0. The summed E-state index contributed by atoms with van der Waals surface area (Å²) in [6.07, 6.45) is 0.919. The SMILES string of the molecule is N#Cc1cccc(OCC(=O)N2CCc3sccc3C2)c1. The van der Waals surface area contributed by atoms with E-state index in [1.54, 1.807) is 35.6 Å². The Morgan fingerprint density at radius 1 is 1.43 bits per heavy atom. The molecule has 106 valence electrons. The van der Waals surface area contributed by atoms with Crippen LogP contribution >= 0.6 is 11.3 Å². The molecular weight excluding hydrogens is 284 g/mol. The molecule has 2 aromatic rings. The van der Waals surface area contributed by atoms with Crippen molar-refractivity contribution in [3.8, 4) is 11.8 Å². The number of fused-ring (bicyclic) bond motifs is 1. The molecule has 0 saturated carbocycles. The maximum absolute atomic E-state index is 12.2. The molecule has 4 nitrogen and oxygen atoms in total. The summed E-state index contributed by atoms with van der Waals surface area (Å²) in [5, 5.41) is 10.9. The van der Waals surface area contributed by atoms with Crippen LogP contribution in [0.3, 0.4) is 0 Å². The third-order valence-corrected chi connectivity index (χ3v) is 4.51. The second kappa shape index (κ2) is 5.98. The van der Waals surface area contributed by atoms with Crippen LogP contribution in [0.2, 0.25) is 0 Å². The molecule has 0 spiro atoms. The van der Waals surface area contributed by atoms with Gasteiger partial charge in [-0.05, 0) is 41.6 Å². The Morgan fingerprint density at radius 2 is 2.33 bits per heavy atom. The van der Waals surface area contributed by atoms with Gasteiger partial charge in [0.15, 0.2) is 6.61 Å². The fraction of sp³-hybridized carbons (Fsp3) is 0.250. The van der Waals surface area contributed by atoms with Gasteiger partial charge in [0.2, 0.25) is 0 Å². The summed E-state index contributed by atoms with van der Waals surface area (Å²) in [7, 11) is 0. The van der Waals surface area contributed by atoms with Gasteiger partial charge < -0.3 is 9.64 Å². The number of thiophene rings is 1. The van der Waals surface area contributed by atoms with Crippen LogP contribution in [0.5, 0.6) is 5.75 Å². The predicted molar refractivity (Wildman–Crippen MR) is 80.1 cm³/mol. The molecule has 1 aromatic heterocycles. The molecule has 1 amide bonds. The van der Waals surface area contributed by atoms with E-state index >= 15 is 0 Å². The number of nitriles is 1. The molecule has 0 fully saturated rings. The normalized spacial score (nSPS) is 13.4. The summed E-state index contributed by atoms with van der Waals surface area (Å²) in [6.45, 7) is 1.42. The zero-order valence-electron chi connectivity index (χ0n) is 11.4. The Kier molecular flexibility index (Phi) is 3.89. The highest BCUT2D eigenvalue weighted by Gasteiger charge is 2.21. The second-order valence-electron chi connectivity index (χ2n) is 4.86. The summed E-state index contributed by atoms with van der Waals surface area (Å²) in [5.74, 6) is 0.532.